The van der Waals surface area contributed by atoms with Gasteiger partial charge in [0.2, 0.25) is 0 Å². The van der Waals surface area contributed by atoms with Gasteiger partial charge in [-0.2, -0.15) is 0 Å². The molecule has 1 aromatic heterocycles. The number of pyridine rings is 1. The Morgan fingerprint density at radius 1 is 1.14 bits per heavy atom. The summed E-state index contributed by atoms with van der Waals surface area (Å²) < 4.78 is 5.09. The van der Waals surface area contributed by atoms with E-state index in [9.17, 15) is 9.59 Å². The van der Waals surface area contributed by atoms with E-state index in [1.54, 1.807) is 18.0 Å². The molecule has 2 aliphatic heterocycles. The number of hydrogen-bond acceptors (Lipinski definition) is 6. The fourth-order valence-corrected chi connectivity index (χ4v) is 4.67. The van der Waals surface area contributed by atoms with Gasteiger partial charge < -0.3 is 14.5 Å². The van der Waals surface area contributed by atoms with E-state index >= 15 is 0 Å². The lowest BCUT2D eigenvalue weighted by molar-refractivity contribution is -0.149. The molecule has 6 nitrogen and oxygen atoms in total. The van der Waals surface area contributed by atoms with Crippen LogP contribution in [0.1, 0.15) is 49.4 Å². The minimum absolute atomic E-state index is 0.000300. The zero-order valence-electron chi connectivity index (χ0n) is 16.8. The second-order valence-corrected chi connectivity index (χ2v) is 8.57. The second kappa shape index (κ2) is 10.8. The van der Waals surface area contributed by atoms with Crippen LogP contribution in [0.4, 0.5) is 0 Å². The van der Waals surface area contributed by atoms with E-state index < -0.39 is 0 Å². The van der Waals surface area contributed by atoms with Gasteiger partial charge in [-0.25, -0.2) is 4.98 Å². The monoisotopic (exact) mass is 405 g/mol. The van der Waals surface area contributed by atoms with Gasteiger partial charge in [-0.3, -0.25) is 9.59 Å². The van der Waals surface area contributed by atoms with Crippen molar-refractivity contribution in [1.82, 2.24) is 14.8 Å². The molecule has 2 aliphatic rings. The molecule has 0 atom stereocenters. The number of nitrogens with zero attached hydrogens (tertiary/aromatic N) is 3. The number of carbonyl (C=O) groups is 2. The molecule has 0 aliphatic carbocycles. The highest BCUT2D eigenvalue weighted by atomic mass is 32.2. The largest absolute Gasteiger partial charge is 0.466 e. The first-order valence-electron chi connectivity index (χ1n) is 10.4. The van der Waals surface area contributed by atoms with Crippen molar-refractivity contribution in [3.05, 3.63) is 23.9 Å². The first-order chi connectivity index (χ1) is 13.7. The quantitative estimate of drug-likeness (QED) is 0.513. The van der Waals surface area contributed by atoms with Crippen LogP contribution >= 0.6 is 11.8 Å². The Kier molecular flexibility index (Phi) is 8.15. The lowest BCUT2D eigenvalue weighted by atomic mass is 9.96. The van der Waals surface area contributed by atoms with E-state index in [0.29, 0.717) is 38.1 Å². The van der Waals surface area contributed by atoms with E-state index in [0.717, 1.165) is 17.3 Å². The summed E-state index contributed by atoms with van der Waals surface area (Å²) in [5, 5.41) is 0.967. The van der Waals surface area contributed by atoms with Gasteiger partial charge in [0, 0.05) is 31.6 Å². The molecule has 1 amide bonds. The molecule has 28 heavy (non-hydrogen) atoms. The molecule has 7 heteroatoms. The fourth-order valence-electron chi connectivity index (χ4n) is 3.82. The second-order valence-electron chi connectivity index (χ2n) is 7.45. The lowest BCUT2D eigenvalue weighted by Crippen LogP contribution is -2.40. The van der Waals surface area contributed by atoms with Gasteiger partial charge in [-0.1, -0.05) is 6.42 Å². The summed E-state index contributed by atoms with van der Waals surface area (Å²) in [7, 11) is 0. The fraction of sp³-hybridized carbons (Fsp3) is 0.667. The van der Waals surface area contributed by atoms with Crippen LogP contribution in [0.25, 0.3) is 0 Å². The van der Waals surface area contributed by atoms with E-state index in [1.165, 1.54) is 32.4 Å². The first-order valence-corrected chi connectivity index (χ1v) is 11.4. The van der Waals surface area contributed by atoms with Gasteiger partial charge in [-0.05, 0) is 57.8 Å². The average Bonchev–Trinajstić information content (AvgIpc) is 2.75. The number of carbonyl (C=O) groups excluding carboxylic acids is 2. The molecule has 0 aromatic carbocycles. The summed E-state index contributed by atoms with van der Waals surface area (Å²) in [5.41, 5.74) is 0.620. The van der Waals surface area contributed by atoms with Gasteiger partial charge in [0.15, 0.2) is 0 Å². The molecular weight excluding hydrogens is 374 g/mol. The molecule has 0 bridgehead atoms. The summed E-state index contributed by atoms with van der Waals surface area (Å²) in [5.74, 6) is 0.810. The molecule has 0 N–H and O–H groups in total. The highest BCUT2D eigenvalue weighted by Crippen LogP contribution is 2.21. The van der Waals surface area contributed by atoms with Crippen molar-refractivity contribution in [1.29, 1.82) is 0 Å². The molecule has 0 unspecified atom stereocenters. The number of hydrogen-bond donors (Lipinski definition) is 0. The number of esters is 1. The SMILES string of the molecule is CCOC(=O)C1CCN(C(=O)c2ccc(SCCN3CCCCC3)nc2)CC1. The zero-order valence-corrected chi connectivity index (χ0v) is 17.6. The molecule has 0 spiro atoms. The van der Waals surface area contributed by atoms with Crippen molar-refractivity contribution in [2.45, 2.75) is 44.1 Å². The smallest absolute Gasteiger partial charge is 0.309 e. The summed E-state index contributed by atoms with van der Waals surface area (Å²) in [4.78, 5) is 33.3. The molecule has 2 saturated heterocycles. The van der Waals surface area contributed by atoms with Crippen LogP contribution in [0, 0.1) is 5.92 Å². The molecule has 0 saturated carbocycles. The maximum absolute atomic E-state index is 12.7. The number of thioether (sulfide) groups is 1. The van der Waals surface area contributed by atoms with Gasteiger partial charge in [0.05, 0.1) is 23.1 Å². The third-order valence-electron chi connectivity index (χ3n) is 5.49. The number of ether oxygens (including phenoxy) is 1. The predicted octanol–water partition coefficient (Wildman–Crippen LogP) is 3.07. The lowest BCUT2D eigenvalue weighted by Gasteiger charge is -2.30. The molecule has 154 valence electrons. The molecule has 3 rings (SSSR count). The van der Waals surface area contributed by atoms with Crippen LogP contribution in [-0.2, 0) is 9.53 Å². The van der Waals surface area contributed by atoms with Crippen molar-refractivity contribution >= 4 is 23.6 Å². The summed E-state index contributed by atoms with van der Waals surface area (Å²) in [6, 6.07) is 3.81. The summed E-state index contributed by atoms with van der Waals surface area (Å²) in [6.07, 6.45) is 7.02. The molecule has 1 aromatic rings. The van der Waals surface area contributed by atoms with Crippen molar-refractivity contribution < 1.29 is 14.3 Å². The minimum atomic E-state index is -0.137. The highest BCUT2D eigenvalue weighted by Gasteiger charge is 2.28. The van der Waals surface area contributed by atoms with E-state index in [1.807, 2.05) is 24.0 Å². The average molecular weight is 406 g/mol. The van der Waals surface area contributed by atoms with Crippen molar-refractivity contribution in [3.8, 4) is 0 Å². The van der Waals surface area contributed by atoms with Gasteiger partial charge in [0.25, 0.3) is 5.91 Å². The maximum atomic E-state index is 12.7. The molecule has 3 heterocycles. The van der Waals surface area contributed by atoms with Gasteiger partial charge in [-0.15, -0.1) is 11.8 Å². The number of aromatic nitrogens is 1. The van der Waals surface area contributed by atoms with Crippen molar-refractivity contribution in [2.24, 2.45) is 5.92 Å². The summed E-state index contributed by atoms with van der Waals surface area (Å²) >= 11 is 1.75. The zero-order chi connectivity index (χ0) is 19.8. The van der Waals surface area contributed by atoms with Gasteiger partial charge in [0.1, 0.15) is 0 Å². The van der Waals surface area contributed by atoms with Crippen LogP contribution in [0.5, 0.6) is 0 Å². The Hall–Kier alpha value is -1.60. The maximum Gasteiger partial charge on any atom is 0.309 e. The van der Waals surface area contributed by atoms with E-state index in [-0.39, 0.29) is 17.8 Å². The minimum Gasteiger partial charge on any atom is -0.466 e. The molecule has 0 radical (unpaired) electrons. The van der Waals surface area contributed by atoms with Crippen LogP contribution in [-0.4, -0.2) is 71.7 Å². The highest BCUT2D eigenvalue weighted by molar-refractivity contribution is 7.99. The third kappa shape index (κ3) is 5.95. The Labute approximate surface area is 172 Å². The number of amides is 1. The Morgan fingerprint density at radius 3 is 2.54 bits per heavy atom. The van der Waals surface area contributed by atoms with Crippen LogP contribution in [0.3, 0.4) is 0 Å². The third-order valence-corrected chi connectivity index (χ3v) is 6.42. The number of likely N-dealkylation sites (tertiary alicyclic amines) is 2. The van der Waals surface area contributed by atoms with Crippen LogP contribution in [0.2, 0.25) is 0 Å². The summed E-state index contributed by atoms with van der Waals surface area (Å²) in [6.45, 7) is 6.94. The van der Waals surface area contributed by atoms with Crippen molar-refractivity contribution in [3.63, 3.8) is 0 Å². The topological polar surface area (TPSA) is 62.7 Å². The van der Waals surface area contributed by atoms with Crippen molar-refractivity contribution in [2.75, 3.05) is 45.1 Å². The van der Waals surface area contributed by atoms with Gasteiger partial charge >= 0.3 is 5.97 Å². The Morgan fingerprint density at radius 2 is 1.89 bits per heavy atom. The van der Waals surface area contributed by atoms with Crippen LogP contribution < -0.4 is 0 Å². The predicted molar refractivity (Wildman–Crippen MR) is 111 cm³/mol. The number of piperidine rings is 2. The van der Waals surface area contributed by atoms with Crippen LogP contribution in [0.15, 0.2) is 23.4 Å². The molecule has 2 fully saturated rings. The van der Waals surface area contributed by atoms with E-state index in [4.69, 9.17) is 4.74 Å². The number of rotatable bonds is 7. The Balaban J connectivity index is 1.43. The van der Waals surface area contributed by atoms with E-state index in [2.05, 4.69) is 9.88 Å². The molecular formula is C21H31N3O3S. The standard InChI is InChI=1S/C21H31N3O3S/c1-2-27-21(26)17-8-12-24(13-9-17)20(25)18-6-7-19(22-16-18)28-15-14-23-10-4-3-5-11-23/h6-7,16-17H,2-5,8-15H2,1H3. The first kappa shape index (κ1) is 21.1. The Bertz CT molecular complexity index is 639. The normalized spacial score (nSPS) is 18.8.